The maximum absolute atomic E-state index is 13.4. The zero-order valence-corrected chi connectivity index (χ0v) is 31.9. The van der Waals surface area contributed by atoms with Crippen LogP contribution in [0.1, 0.15) is 88.1 Å². The average molecular weight is 793 g/mol. The fourth-order valence-corrected chi connectivity index (χ4v) is 9.31. The van der Waals surface area contributed by atoms with Crippen LogP contribution in [0.4, 0.5) is 11.5 Å². The van der Waals surface area contributed by atoms with Crippen molar-refractivity contribution in [1.82, 2.24) is 30.6 Å². The second kappa shape index (κ2) is 14.7. The van der Waals surface area contributed by atoms with Crippen LogP contribution >= 0.6 is 11.6 Å². The van der Waals surface area contributed by atoms with Gasteiger partial charge in [0.1, 0.15) is 17.5 Å². The number of hydrogen-bond acceptors (Lipinski definition) is 11. The number of benzene rings is 2. The van der Waals surface area contributed by atoms with E-state index in [1.165, 1.54) is 0 Å². The van der Waals surface area contributed by atoms with Gasteiger partial charge in [-0.25, -0.2) is 4.85 Å². The van der Waals surface area contributed by atoms with Crippen LogP contribution in [0, 0.1) is 12.0 Å². The topological polar surface area (TPSA) is 168 Å². The lowest BCUT2D eigenvalue weighted by Gasteiger charge is -2.51. The highest BCUT2D eigenvalue weighted by Crippen LogP contribution is 2.45. The third-order valence-electron chi connectivity index (χ3n) is 12.5. The first-order valence-corrected chi connectivity index (χ1v) is 19.9. The lowest BCUT2D eigenvalue weighted by atomic mass is 9.72. The summed E-state index contributed by atoms with van der Waals surface area (Å²) in [6, 6.07) is 11.5. The van der Waals surface area contributed by atoms with Gasteiger partial charge in [0.05, 0.1) is 35.4 Å². The number of nitrogens with zero attached hydrogens (tertiary/aromatic N) is 6. The number of aromatic nitrogens is 2. The lowest BCUT2D eigenvalue weighted by Crippen LogP contribution is -2.62. The maximum atomic E-state index is 13.4. The largest absolute Gasteiger partial charge is 0.493 e. The van der Waals surface area contributed by atoms with Gasteiger partial charge in [-0.3, -0.25) is 39.1 Å². The summed E-state index contributed by atoms with van der Waals surface area (Å²) < 4.78 is 12.3. The molecule has 6 heterocycles. The molecular weight excluding hydrogens is 752 g/mol. The Bertz CT molecular complexity index is 2200. The summed E-state index contributed by atoms with van der Waals surface area (Å²) >= 11 is 6.15. The molecule has 1 aromatic heterocycles. The molecule has 1 saturated carbocycles. The van der Waals surface area contributed by atoms with E-state index in [4.69, 9.17) is 27.6 Å². The Morgan fingerprint density at radius 1 is 0.965 bits per heavy atom. The minimum atomic E-state index is -1.00. The summed E-state index contributed by atoms with van der Waals surface area (Å²) in [5.41, 5.74) is 2.03. The summed E-state index contributed by atoms with van der Waals surface area (Å²) in [5.74, 6) is -0.315. The summed E-state index contributed by atoms with van der Waals surface area (Å²) in [7, 11) is 0. The third kappa shape index (κ3) is 7.05. The van der Waals surface area contributed by atoms with Crippen LogP contribution in [-0.4, -0.2) is 107 Å². The van der Waals surface area contributed by atoms with Gasteiger partial charge in [0.15, 0.2) is 11.5 Å². The number of halogens is 1. The van der Waals surface area contributed by atoms with Gasteiger partial charge in [0.2, 0.25) is 17.5 Å². The molecule has 1 atom stereocenters. The standard InChI is InChI=1S/C41H41ClN8O7/c1-43-31-7-6-27(17-30(31)42)57-26-4-2-24(3-5-26)44-37(52)32-8-10-35(47-46-32)49-20-25(21-49)48-14-12-41(13-15-48)19-23-16-28-29(18-34(23)56-22-41)40(55)50(39(28)54)33-9-11-36(51)45-38(33)53/h6-8,10,16-18,24-26,33H,2-5,9,11-15,19-22H2,(H,44,52)(H,45,51,53). The van der Waals surface area contributed by atoms with Gasteiger partial charge in [-0.2, -0.15) is 0 Å². The van der Waals surface area contributed by atoms with Crippen molar-refractivity contribution in [2.75, 3.05) is 37.7 Å². The summed E-state index contributed by atoms with van der Waals surface area (Å²) in [6.07, 6.45) is 5.94. The number of nitrogens with one attached hydrogen (secondary N) is 2. The first-order chi connectivity index (χ1) is 27.6. The molecule has 6 aliphatic rings. The monoisotopic (exact) mass is 792 g/mol. The molecule has 2 N–H and O–H groups in total. The van der Waals surface area contributed by atoms with Crippen molar-refractivity contribution < 1.29 is 33.4 Å². The quantitative estimate of drug-likeness (QED) is 0.261. The van der Waals surface area contributed by atoms with Gasteiger partial charge < -0.3 is 19.7 Å². The average Bonchev–Trinajstić information content (AvgIpc) is 3.42. The first kappa shape index (κ1) is 37.0. The predicted octanol–water partition coefficient (Wildman–Crippen LogP) is 4.11. The molecule has 9 rings (SSSR count). The van der Waals surface area contributed by atoms with E-state index < -0.39 is 29.7 Å². The van der Waals surface area contributed by atoms with Gasteiger partial charge >= 0.3 is 0 Å². The number of carbonyl (C=O) groups is 5. The number of likely N-dealkylation sites (tertiary alicyclic amines) is 1. The second-order valence-electron chi connectivity index (χ2n) is 16.1. The molecule has 2 aromatic carbocycles. The Morgan fingerprint density at radius 3 is 2.40 bits per heavy atom. The van der Waals surface area contributed by atoms with Crippen LogP contribution in [0.5, 0.6) is 11.5 Å². The highest BCUT2D eigenvalue weighted by atomic mass is 35.5. The molecular formula is C41H41ClN8O7. The van der Waals surface area contributed by atoms with Crippen LogP contribution in [0.25, 0.3) is 4.85 Å². The number of imide groups is 2. The Hall–Kier alpha value is -5.59. The number of piperidine rings is 2. The van der Waals surface area contributed by atoms with Gasteiger partial charge in [-0.1, -0.05) is 17.7 Å². The van der Waals surface area contributed by atoms with Crippen LogP contribution < -0.4 is 25.0 Å². The van der Waals surface area contributed by atoms with E-state index in [0.29, 0.717) is 34.9 Å². The van der Waals surface area contributed by atoms with E-state index in [9.17, 15) is 24.0 Å². The Morgan fingerprint density at radius 2 is 1.72 bits per heavy atom. The highest BCUT2D eigenvalue weighted by molar-refractivity contribution is 6.33. The van der Waals surface area contributed by atoms with Gasteiger partial charge in [-0.15, -0.1) is 10.2 Å². The van der Waals surface area contributed by atoms with E-state index in [1.54, 1.807) is 36.4 Å². The van der Waals surface area contributed by atoms with E-state index in [2.05, 4.69) is 35.5 Å². The Kier molecular flexibility index (Phi) is 9.56. The first-order valence-electron chi connectivity index (χ1n) is 19.5. The van der Waals surface area contributed by atoms with E-state index >= 15 is 0 Å². The molecule has 15 nitrogen and oxygen atoms in total. The van der Waals surface area contributed by atoms with Crippen molar-refractivity contribution in [2.24, 2.45) is 5.41 Å². The van der Waals surface area contributed by atoms with Crippen molar-refractivity contribution in [3.63, 3.8) is 0 Å². The van der Waals surface area contributed by atoms with Gasteiger partial charge in [0.25, 0.3) is 17.7 Å². The highest BCUT2D eigenvalue weighted by Gasteiger charge is 2.47. The second-order valence-corrected chi connectivity index (χ2v) is 16.5. The van der Waals surface area contributed by atoms with Crippen LogP contribution in [0.3, 0.4) is 0 Å². The normalized spacial score (nSPS) is 24.5. The molecule has 0 bridgehead atoms. The molecule has 1 spiro atoms. The van der Waals surface area contributed by atoms with Crippen LogP contribution in [0.15, 0.2) is 42.5 Å². The van der Waals surface area contributed by atoms with Crippen molar-refractivity contribution in [3.05, 3.63) is 81.3 Å². The molecule has 0 radical (unpaired) electrons. The molecule has 3 aromatic rings. The number of hydrogen-bond donors (Lipinski definition) is 2. The number of carbonyl (C=O) groups excluding carboxylic acids is 5. The molecule has 294 valence electrons. The number of anilines is 1. The van der Waals surface area contributed by atoms with Crippen molar-refractivity contribution in [1.29, 1.82) is 0 Å². The number of amides is 5. The zero-order valence-electron chi connectivity index (χ0n) is 31.2. The predicted molar refractivity (Wildman–Crippen MR) is 205 cm³/mol. The molecule has 4 fully saturated rings. The minimum Gasteiger partial charge on any atom is -0.493 e. The zero-order chi connectivity index (χ0) is 39.4. The smallest absolute Gasteiger partial charge is 0.272 e. The molecule has 5 amide bonds. The van der Waals surface area contributed by atoms with E-state index in [0.717, 1.165) is 87.4 Å². The van der Waals surface area contributed by atoms with Gasteiger partial charge in [-0.05, 0) is 106 Å². The molecule has 1 aliphatic carbocycles. The van der Waals surface area contributed by atoms with Crippen molar-refractivity contribution in [2.45, 2.75) is 82.0 Å². The van der Waals surface area contributed by atoms with E-state index in [-0.39, 0.29) is 53.1 Å². The van der Waals surface area contributed by atoms with E-state index in [1.807, 2.05) is 6.07 Å². The SMILES string of the molecule is [C-]#[N+]c1ccc(OC2CCC(NC(=O)c3ccc(N4CC(N5CCC6(CC5)COc5cc7c(cc5C6)C(=O)N(C5CCC(=O)NC5=O)C7=O)C4)nn3)CC2)cc1Cl. The number of fused-ring (bicyclic) bond motifs is 2. The lowest BCUT2D eigenvalue weighted by molar-refractivity contribution is -0.136. The maximum Gasteiger partial charge on any atom is 0.272 e. The molecule has 5 aliphatic heterocycles. The fourth-order valence-electron chi connectivity index (χ4n) is 9.10. The molecule has 3 saturated heterocycles. The van der Waals surface area contributed by atoms with Crippen LogP contribution in [0.2, 0.25) is 5.02 Å². The van der Waals surface area contributed by atoms with Crippen molar-refractivity contribution >= 4 is 52.6 Å². The molecule has 16 heteroatoms. The Labute approximate surface area is 333 Å². The number of rotatable bonds is 7. The Balaban J connectivity index is 0.730. The minimum absolute atomic E-state index is 0.0171. The summed E-state index contributed by atoms with van der Waals surface area (Å²) in [6.45, 7) is 11.1. The number of ether oxygens (including phenoxy) is 2. The fraction of sp³-hybridized carbons (Fsp3) is 0.463. The summed E-state index contributed by atoms with van der Waals surface area (Å²) in [4.78, 5) is 72.9. The van der Waals surface area contributed by atoms with Crippen molar-refractivity contribution in [3.8, 4) is 11.5 Å². The van der Waals surface area contributed by atoms with Gasteiger partial charge in [0, 0.05) is 37.0 Å². The summed E-state index contributed by atoms with van der Waals surface area (Å²) in [5, 5.41) is 14.4. The molecule has 1 unspecified atom stereocenters. The van der Waals surface area contributed by atoms with Crippen LogP contribution in [-0.2, 0) is 16.0 Å². The molecule has 57 heavy (non-hydrogen) atoms. The third-order valence-corrected chi connectivity index (χ3v) is 12.8.